The predicted octanol–water partition coefficient (Wildman–Crippen LogP) is 6.05. The Morgan fingerprint density at radius 2 is 1.60 bits per heavy atom. The summed E-state index contributed by atoms with van der Waals surface area (Å²) in [5.74, 6) is 3.31. The summed E-state index contributed by atoms with van der Waals surface area (Å²) in [7, 11) is 3.33. The van der Waals surface area contributed by atoms with Gasteiger partial charge in [-0.05, 0) is 83.1 Å². The van der Waals surface area contributed by atoms with Crippen molar-refractivity contribution in [3.63, 3.8) is 0 Å². The first-order valence-corrected chi connectivity index (χ1v) is 13.3. The summed E-state index contributed by atoms with van der Waals surface area (Å²) in [6, 6.07) is 22.1. The van der Waals surface area contributed by atoms with Crippen LogP contribution in [0, 0.1) is 6.92 Å². The summed E-state index contributed by atoms with van der Waals surface area (Å²) in [5, 5.41) is 3.63. The second-order valence-electron chi connectivity index (χ2n) is 9.75. The van der Waals surface area contributed by atoms with Crippen LogP contribution in [0.1, 0.15) is 39.4 Å². The van der Waals surface area contributed by atoms with E-state index in [9.17, 15) is 0 Å². The molecular weight excluding hydrogens is 502 g/mol. The van der Waals surface area contributed by atoms with E-state index in [2.05, 4.69) is 53.6 Å². The first-order valence-electron chi connectivity index (χ1n) is 13.3. The van der Waals surface area contributed by atoms with E-state index in [-0.39, 0.29) is 6.04 Å². The minimum Gasteiger partial charge on any atom is -0.493 e. The molecule has 2 heterocycles. The Hall–Kier alpha value is -4.49. The van der Waals surface area contributed by atoms with Crippen molar-refractivity contribution < 1.29 is 18.9 Å². The van der Waals surface area contributed by atoms with Gasteiger partial charge < -0.3 is 30.0 Å². The zero-order chi connectivity index (χ0) is 27.9. The summed E-state index contributed by atoms with van der Waals surface area (Å²) >= 11 is 0. The Morgan fingerprint density at radius 1 is 0.875 bits per heavy atom. The van der Waals surface area contributed by atoms with Gasteiger partial charge in [-0.3, -0.25) is 0 Å². The van der Waals surface area contributed by atoms with Crippen LogP contribution in [0.25, 0.3) is 6.08 Å². The molecule has 7 nitrogen and oxygen atoms in total. The van der Waals surface area contributed by atoms with Crippen LogP contribution in [0.5, 0.6) is 23.0 Å². The molecule has 1 aromatic heterocycles. The fourth-order valence-corrected chi connectivity index (χ4v) is 4.85. The first kappa shape index (κ1) is 27.1. The van der Waals surface area contributed by atoms with E-state index in [1.807, 2.05) is 36.4 Å². The maximum absolute atomic E-state index is 6.16. The number of nitrogen functional groups attached to an aromatic ring is 1. The molecule has 0 spiro atoms. The van der Waals surface area contributed by atoms with E-state index in [1.165, 1.54) is 11.1 Å². The fraction of sp³-hybridized carbons (Fsp3) is 0.242. The van der Waals surface area contributed by atoms with Gasteiger partial charge in [0.05, 0.1) is 20.3 Å². The Morgan fingerprint density at radius 3 is 2.35 bits per heavy atom. The van der Waals surface area contributed by atoms with E-state index in [4.69, 9.17) is 24.7 Å². The Bertz CT molecular complexity index is 1490. The molecule has 0 saturated heterocycles. The summed E-state index contributed by atoms with van der Waals surface area (Å²) in [6.07, 6.45) is 6.91. The van der Waals surface area contributed by atoms with Gasteiger partial charge in [-0.15, -0.1) is 0 Å². The third-order valence-corrected chi connectivity index (χ3v) is 7.02. The highest BCUT2D eigenvalue weighted by Crippen LogP contribution is 2.37. The average Bonchev–Trinajstić information content (AvgIpc) is 2.98. The molecule has 0 aliphatic carbocycles. The van der Waals surface area contributed by atoms with E-state index in [0.29, 0.717) is 30.5 Å². The minimum absolute atomic E-state index is 0.0338. The van der Waals surface area contributed by atoms with Gasteiger partial charge in [-0.2, -0.15) is 0 Å². The van der Waals surface area contributed by atoms with Gasteiger partial charge in [0.2, 0.25) is 0 Å². The van der Waals surface area contributed by atoms with E-state index in [0.717, 1.165) is 46.7 Å². The number of methoxy groups -OCH3 is 2. The van der Waals surface area contributed by atoms with Crippen LogP contribution >= 0.6 is 0 Å². The molecule has 5 rings (SSSR count). The number of fused-ring (bicyclic) bond motifs is 1. The Balaban J connectivity index is 1.36. The number of nitrogens with one attached hydrogen (secondary N) is 1. The number of ether oxygens (including phenoxy) is 4. The van der Waals surface area contributed by atoms with Gasteiger partial charge in [-0.1, -0.05) is 42.5 Å². The molecule has 4 aromatic rings. The third-order valence-electron chi connectivity index (χ3n) is 7.02. The molecule has 0 amide bonds. The smallest absolute Gasteiger partial charge is 0.162 e. The molecule has 0 radical (unpaired) electrons. The molecule has 7 heteroatoms. The van der Waals surface area contributed by atoms with Crippen LogP contribution in [-0.2, 0) is 19.6 Å². The summed E-state index contributed by atoms with van der Waals surface area (Å²) < 4.78 is 23.6. The van der Waals surface area contributed by atoms with E-state index in [1.54, 1.807) is 26.5 Å². The normalized spacial score (nSPS) is 14.5. The molecule has 1 unspecified atom stereocenters. The summed E-state index contributed by atoms with van der Waals surface area (Å²) in [6.45, 7) is 3.79. The quantitative estimate of drug-likeness (QED) is 0.255. The lowest BCUT2D eigenvalue weighted by Gasteiger charge is -2.26. The van der Waals surface area contributed by atoms with Crippen molar-refractivity contribution >= 4 is 11.9 Å². The van der Waals surface area contributed by atoms with Crippen molar-refractivity contribution in [1.82, 2.24) is 10.3 Å². The molecular formula is C33H35N3O4. The SMILES string of the molecule is COc1cc(C)c(/C=C/C2NCCc3cc(OCc4ccccc4)c(OC)cc32)cc1OCc1ccnc(N)c1. The standard InChI is InChI=1S/C33H35N3O4/c1-22-15-29(37-2)31(40-21-24-11-13-36-33(34)16-24)17-25(22)9-10-28-27-19-30(38-3)32(18-26(27)12-14-35-28)39-20-23-7-5-4-6-8-23/h4-11,13,15-19,28,35H,12,14,20-21H2,1-3H3,(H2,34,36)/b10-9+. The van der Waals surface area contributed by atoms with Crippen molar-refractivity contribution in [2.24, 2.45) is 0 Å². The number of nitrogens with two attached hydrogens (primary N) is 1. The van der Waals surface area contributed by atoms with Crippen molar-refractivity contribution in [2.75, 3.05) is 26.5 Å². The Kier molecular flexibility index (Phi) is 8.52. The van der Waals surface area contributed by atoms with Crippen LogP contribution < -0.4 is 30.0 Å². The predicted molar refractivity (Wildman–Crippen MR) is 158 cm³/mol. The maximum atomic E-state index is 6.16. The third kappa shape index (κ3) is 6.38. The maximum Gasteiger partial charge on any atom is 0.162 e. The van der Waals surface area contributed by atoms with Crippen molar-refractivity contribution in [1.29, 1.82) is 0 Å². The first-order chi connectivity index (χ1) is 19.5. The summed E-state index contributed by atoms with van der Waals surface area (Å²) in [4.78, 5) is 4.04. The van der Waals surface area contributed by atoms with Gasteiger partial charge in [0.15, 0.2) is 23.0 Å². The highest BCUT2D eigenvalue weighted by Gasteiger charge is 2.21. The largest absolute Gasteiger partial charge is 0.493 e. The fourth-order valence-electron chi connectivity index (χ4n) is 4.85. The number of aromatic nitrogens is 1. The second kappa shape index (κ2) is 12.6. The lowest BCUT2D eigenvalue weighted by atomic mass is 9.92. The number of pyridine rings is 1. The number of hydrogen-bond donors (Lipinski definition) is 2. The van der Waals surface area contributed by atoms with Crippen LogP contribution in [0.15, 0.2) is 79.0 Å². The lowest BCUT2D eigenvalue weighted by molar-refractivity contribution is 0.283. The highest BCUT2D eigenvalue weighted by molar-refractivity contribution is 5.61. The highest BCUT2D eigenvalue weighted by atomic mass is 16.5. The van der Waals surface area contributed by atoms with Gasteiger partial charge in [-0.25, -0.2) is 4.98 Å². The number of nitrogens with zero attached hydrogens (tertiary/aromatic N) is 1. The second-order valence-corrected chi connectivity index (χ2v) is 9.75. The van der Waals surface area contributed by atoms with E-state index < -0.39 is 0 Å². The molecule has 3 aromatic carbocycles. The number of hydrogen-bond acceptors (Lipinski definition) is 7. The van der Waals surface area contributed by atoms with Crippen molar-refractivity contribution in [3.05, 3.63) is 112 Å². The molecule has 1 aliphatic heterocycles. The zero-order valence-corrected chi connectivity index (χ0v) is 23.1. The summed E-state index contributed by atoms with van der Waals surface area (Å²) in [5.41, 5.74) is 12.5. The molecule has 0 bridgehead atoms. The molecule has 40 heavy (non-hydrogen) atoms. The Labute approximate surface area is 235 Å². The van der Waals surface area contributed by atoms with Crippen molar-refractivity contribution in [3.8, 4) is 23.0 Å². The van der Waals surface area contributed by atoms with Crippen LogP contribution in [0.2, 0.25) is 0 Å². The number of rotatable bonds is 10. The molecule has 1 aliphatic rings. The number of anilines is 1. The monoisotopic (exact) mass is 537 g/mol. The molecule has 3 N–H and O–H groups in total. The number of aryl methyl sites for hydroxylation is 1. The molecule has 1 atom stereocenters. The van der Waals surface area contributed by atoms with Crippen LogP contribution in [0.3, 0.4) is 0 Å². The van der Waals surface area contributed by atoms with Crippen LogP contribution in [-0.4, -0.2) is 25.7 Å². The number of benzene rings is 3. The van der Waals surface area contributed by atoms with Gasteiger partial charge in [0, 0.05) is 12.7 Å². The molecule has 0 fully saturated rings. The lowest BCUT2D eigenvalue weighted by Crippen LogP contribution is -2.28. The zero-order valence-electron chi connectivity index (χ0n) is 23.1. The molecule has 206 valence electrons. The van der Waals surface area contributed by atoms with E-state index >= 15 is 0 Å². The topological polar surface area (TPSA) is 87.9 Å². The van der Waals surface area contributed by atoms with Crippen LogP contribution in [0.4, 0.5) is 5.82 Å². The van der Waals surface area contributed by atoms with Gasteiger partial charge in [0.1, 0.15) is 19.0 Å². The van der Waals surface area contributed by atoms with Gasteiger partial charge >= 0.3 is 0 Å². The van der Waals surface area contributed by atoms with Crippen molar-refractivity contribution in [2.45, 2.75) is 32.6 Å². The van der Waals surface area contributed by atoms with Gasteiger partial charge in [0.25, 0.3) is 0 Å². The molecule has 0 saturated carbocycles. The average molecular weight is 538 g/mol. The minimum atomic E-state index is 0.0338.